The number of anilines is 1. The molecular formula is C25H25BrF3N5O2. The van der Waals surface area contributed by atoms with E-state index in [4.69, 9.17) is 11.5 Å². The normalized spacial score (nSPS) is 20.7. The average molecular weight is 564 g/mol. The molecule has 3 aromatic rings. The number of aliphatic hydroxyl groups is 1. The molecule has 1 amide bonds. The summed E-state index contributed by atoms with van der Waals surface area (Å²) in [6.07, 6.45) is 0.0733. The lowest BCUT2D eigenvalue weighted by Crippen LogP contribution is -2.34. The molecule has 0 saturated heterocycles. The van der Waals surface area contributed by atoms with Gasteiger partial charge in [0, 0.05) is 22.5 Å². The molecule has 1 aromatic heterocycles. The Bertz CT molecular complexity index is 1260. The first kappa shape index (κ1) is 26.1. The molecule has 1 fully saturated rings. The summed E-state index contributed by atoms with van der Waals surface area (Å²) >= 11 is 3.20. The van der Waals surface area contributed by atoms with Crippen molar-refractivity contribution in [1.82, 2.24) is 15.3 Å². The molecule has 1 heterocycles. The van der Waals surface area contributed by atoms with E-state index >= 15 is 4.39 Å². The summed E-state index contributed by atoms with van der Waals surface area (Å²) in [5.41, 5.74) is 13.0. The molecular weight excluding hydrogens is 539 g/mol. The fraction of sp³-hybridized carbons (Fsp3) is 0.320. The lowest BCUT2D eigenvalue weighted by atomic mass is 9.84. The van der Waals surface area contributed by atoms with Crippen LogP contribution in [0.15, 0.2) is 47.1 Å². The second-order valence-electron chi connectivity index (χ2n) is 8.78. The van der Waals surface area contributed by atoms with Crippen molar-refractivity contribution in [1.29, 1.82) is 0 Å². The highest BCUT2D eigenvalue weighted by Gasteiger charge is 2.31. The van der Waals surface area contributed by atoms with Crippen LogP contribution < -0.4 is 16.8 Å². The Balaban J connectivity index is 1.56. The van der Waals surface area contributed by atoms with Gasteiger partial charge in [0.2, 0.25) is 0 Å². The third-order valence-corrected chi connectivity index (χ3v) is 6.75. The molecule has 7 nitrogen and oxygen atoms in total. The van der Waals surface area contributed by atoms with Gasteiger partial charge in [-0.25, -0.2) is 23.1 Å². The van der Waals surface area contributed by atoms with Crippen LogP contribution in [0.5, 0.6) is 0 Å². The molecule has 2 unspecified atom stereocenters. The highest BCUT2D eigenvalue weighted by Crippen LogP contribution is 2.35. The number of carbonyl (C=O) groups is 1. The van der Waals surface area contributed by atoms with Gasteiger partial charge >= 0.3 is 0 Å². The summed E-state index contributed by atoms with van der Waals surface area (Å²) in [4.78, 5) is 21.4. The summed E-state index contributed by atoms with van der Waals surface area (Å²) in [5, 5.41) is 12.3. The van der Waals surface area contributed by atoms with E-state index in [1.165, 1.54) is 30.5 Å². The number of nitrogens with two attached hydrogens (primary N) is 2. The van der Waals surface area contributed by atoms with Crippen molar-refractivity contribution in [2.24, 2.45) is 5.73 Å². The number of nitrogen functional groups attached to an aromatic ring is 1. The predicted molar refractivity (Wildman–Crippen MR) is 133 cm³/mol. The Morgan fingerprint density at radius 2 is 2.00 bits per heavy atom. The van der Waals surface area contributed by atoms with E-state index in [2.05, 4.69) is 31.2 Å². The van der Waals surface area contributed by atoms with Crippen molar-refractivity contribution in [2.45, 2.75) is 43.5 Å². The maximum absolute atomic E-state index is 15.0. The zero-order valence-corrected chi connectivity index (χ0v) is 20.7. The minimum Gasteiger partial charge on any atom is -0.390 e. The quantitative estimate of drug-likeness (QED) is 0.356. The summed E-state index contributed by atoms with van der Waals surface area (Å²) in [5.74, 6) is -2.24. The molecule has 4 atom stereocenters. The van der Waals surface area contributed by atoms with Crippen molar-refractivity contribution >= 4 is 27.7 Å². The number of aliphatic hydroxyl groups excluding tert-OH is 1. The molecule has 11 heteroatoms. The van der Waals surface area contributed by atoms with E-state index < -0.39 is 35.9 Å². The molecule has 190 valence electrons. The molecule has 4 rings (SSSR count). The largest absolute Gasteiger partial charge is 0.390 e. The molecule has 1 saturated carbocycles. The highest BCUT2D eigenvalue weighted by atomic mass is 79.9. The number of amides is 1. The second kappa shape index (κ2) is 10.9. The Morgan fingerprint density at radius 1 is 1.22 bits per heavy atom. The number of benzene rings is 2. The number of carbonyl (C=O) groups excluding carboxylic acids is 1. The fourth-order valence-electron chi connectivity index (χ4n) is 4.33. The van der Waals surface area contributed by atoms with Crippen LogP contribution in [0.25, 0.3) is 11.3 Å². The third-order valence-electron chi connectivity index (χ3n) is 6.29. The van der Waals surface area contributed by atoms with Gasteiger partial charge in [0.15, 0.2) is 0 Å². The van der Waals surface area contributed by atoms with Crippen molar-refractivity contribution < 1.29 is 23.1 Å². The molecule has 1 aliphatic carbocycles. The minimum absolute atomic E-state index is 0.0296. The van der Waals surface area contributed by atoms with E-state index in [-0.39, 0.29) is 36.0 Å². The number of hydrogen-bond donors (Lipinski definition) is 4. The molecule has 0 bridgehead atoms. The molecule has 36 heavy (non-hydrogen) atoms. The zero-order chi connectivity index (χ0) is 26.0. The molecule has 2 aromatic carbocycles. The number of nitrogens with zero attached hydrogens (tertiary/aromatic N) is 2. The van der Waals surface area contributed by atoms with Crippen LogP contribution in [-0.2, 0) is 0 Å². The molecule has 1 aliphatic rings. The van der Waals surface area contributed by atoms with Crippen LogP contribution >= 0.6 is 15.9 Å². The average Bonchev–Trinajstić information content (AvgIpc) is 2.83. The van der Waals surface area contributed by atoms with Crippen LogP contribution in [0.1, 0.15) is 52.8 Å². The summed E-state index contributed by atoms with van der Waals surface area (Å²) < 4.78 is 43.3. The summed E-state index contributed by atoms with van der Waals surface area (Å²) in [6.45, 7) is -0.0296. The Hall–Kier alpha value is -3.02. The minimum atomic E-state index is -1.35. The monoisotopic (exact) mass is 563 g/mol. The van der Waals surface area contributed by atoms with E-state index in [9.17, 15) is 18.7 Å². The van der Waals surface area contributed by atoms with Gasteiger partial charge in [-0.05, 0) is 55.2 Å². The Morgan fingerprint density at radius 3 is 2.67 bits per heavy atom. The first-order valence-electron chi connectivity index (χ1n) is 11.4. The number of hydrogen-bond acceptors (Lipinski definition) is 6. The van der Waals surface area contributed by atoms with Gasteiger partial charge in [0.05, 0.1) is 29.6 Å². The first-order valence-corrected chi connectivity index (χ1v) is 12.2. The second-order valence-corrected chi connectivity index (χ2v) is 9.70. The van der Waals surface area contributed by atoms with Crippen molar-refractivity contribution in [3.8, 4) is 11.3 Å². The van der Waals surface area contributed by atoms with E-state index in [1.54, 1.807) is 6.07 Å². The van der Waals surface area contributed by atoms with E-state index in [1.807, 2.05) is 0 Å². The SMILES string of the molecule is NCC(NC(=O)c1ccc(-c2nc(C3CC[C@H](O)[C@H](F)C3)cnc2N)cc1F)c1cc(F)cc(Br)c1. The highest BCUT2D eigenvalue weighted by molar-refractivity contribution is 9.10. The van der Waals surface area contributed by atoms with Gasteiger partial charge in [-0.3, -0.25) is 4.79 Å². The number of halogens is 4. The Kier molecular flexibility index (Phi) is 7.91. The standard InChI is InChI=1S/C25H25BrF3N5O2/c26-15-5-14(6-16(27)9-15)20(10-30)34-25(36)17-3-1-13(8-18(17)28)23-24(31)32-11-21(33-23)12-2-4-22(35)19(29)7-12/h1,3,5-6,8-9,11-12,19-20,22,35H,2,4,7,10,30H2,(H2,31,32)(H,34,36)/t12?,19-,20?,22+/m1/s1. The topological polar surface area (TPSA) is 127 Å². The van der Waals surface area contributed by atoms with Crippen LogP contribution in [0, 0.1) is 11.6 Å². The fourth-order valence-corrected chi connectivity index (χ4v) is 4.81. The maximum Gasteiger partial charge on any atom is 0.254 e. The van der Waals surface area contributed by atoms with Gasteiger partial charge < -0.3 is 21.9 Å². The van der Waals surface area contributed by atoms with Crippen LogP contribution in [0.2, 0.25) is 0 Å². The summed E-state index contributed by atoms with van der Waals surface area (Å²) in [7, 11) is 0. The predicted octanol–water partition coefficient (Wildman–Crippen LogP) is 4.16. The molecule has 0 spiro atoms. The lowest BCUT2D eigenvalue weighted by molar-refractivity contribution is 0.0363. The number of nitrogens with one attached hydrogen (secondary N) is 1. The van der Waals surface area contributed by atoms with Crippen molar-refractivity contribution in [3.05, 3.63) is 75.5 Å². The van der Waals surface area contributed by atoms with Crippen LogP contribution in [-0.4, -0.2) is 39.8 Å². The van der Waals surface area contributed by atoms with E-state index in [0.29, 0.717) is 34.1 Å². The van der Waals surface area contributed by atoms with Crippen molar-refractivity contribution in [3.63, 3.8) is 0 Å². The van der Waals surface area contributed by atoms with Gasteiger partial charge in [-0.2, -0.15) is 0 Å². The smallest absolute Gasteiger partial charge is 0.254 e. The van der Waals surface area contributed by atoms with Gasteiger partial charge in [-0.15, -0.1) is 0 Å². The zero-order valence-electron chi connectivity index (χ0n) is 19.1. The molecule has 6 N–H and O–H groups in total. The van der Waals surface area contributed by atoms with Gasteiger partial charge in [0.25, 0.3) is 5.91 Å². The lowest BCUT2D eigenvalue weighted by Gasteiger charge is -2.28. The van der Waals surface area contributed by atoms with E-state index in [0.717, 1.165) is 6.07 Å². The number of aromatic nitrogens is 2. The molecule has 0 radical (unpaired) electrons. The third kappa shape index (κ3) is 5.69. The molecule has 0 aliphatic heterocycles. The summed E-state index contributed by atoms with van der Waals surface area (Å²) in [6, 6.07) is 7.29. The first-order chi connectivity index (χ1) is 17.2. The van der Waals surface area contributed by atoms with Gasteiger partial charge in [-0.1, -0.05) is 22.0 Å². The maximum atomic E-state index is 15.0. The Labute approximate surface area is 214 Å². The number of alkyl halides is 1. The van der Waals surface area contributed by atoms with Crippen LogP contribution in [0.3, 0.4) is 0 Å². The number of rotatable bonds is 6. The van der Waals surface area contributed by atoms with Crippen LogP contribution in [0.4, 0.5) is 19.0 Å². The van der Waals surface area contributed by atoms with Gasteiger partial charge in [0.1, 0.15) is 29.3 Å². The van der Waals surface area contributed by atoms with Crippen molar-refractivity contribution in [2.75, 3.05) is 12.3 Å².